The summed E-state index contributed by atoms with van der Waals surface area (Å²) in [6.45, 7) is 5.47. The van der Waals surface area contributed by atoms with E-state index in [2.05, 4.69) is 20.7 Å². The summed E-state index contributed by atoms with van der Waals surface area (Å²) < 4.78 is 27.8. The lowest BCUT2D eigenvalue weighted by Gasteiger charge is -2.21. The molecule has 0 aromatic heterocycles. The highest BCUT2D eigenvalue weighted by atomic mass is 79.9. The van der Waals surface area contributed by atoms with Crippen molar-refractivity contribution in [2.24, 2.45) is 0 Å². The van der Waals surface area contributed by atoms with Crippen molar-refractivity contribution in [2.45, 2.75) is 31.7 Å². The maximum atomic E-state index is 12.4. The van der Waals surface area contributed by atoms with Crippen LogP contribution in [0.4, 0.5) is 5.69 Å². The summed E-state index contributed by atoms with van der Waals surface area (Å²) in [6, 6.07) is 2.25. The molecule has 0 aliphatic carbocycles. The summed E-state index contributed by atoms with van der Waals surface area (Å²) in [5, 5.41) is 0. The van der Waals surface area contributed by atoms with Gasteiger partial charge < -0.3 is 10.6 Å². The van der Waals surface area contributed by atoms with Crippen LogP contribution in [-0.4, -0.2) is 38.9 Å². The molecule has 1 aromatic carbocycles. The largest absolute Gasteiger partial charge is 0.398 e. The van der Waals surface area contributed by atoms with Crippen molar-refractivity contribution >= 4 is 37.5 Å². The fourth-order valence-corrected chi connectivity index (χ4v) is 3.91. The molecule has 0 saturated carbocycles. The van der Waals surface area contributed by atoms with Crippen molar-refractivity contribution in [2.75, 3.05) is 19.3 Å². The van der Waals surface area contributed by atoms with Gasteiger partial charge in [0.1, 0.15) is 0 Å². The number of halogens is 1. The van der Waals surface area contributed by atoms with Gasteiger partial charge in [-0.25, -0.2) is 8.42 Å². The number of nitrogen functional groups attached to an aromatic ring is 1. The van der Waals surface area contributed by atoms with E-state index in [0.29, 0.717) is 22.3 Å². The number of rotatable bonds is 5. The number of likely N-dealkylation sites (N-methyl/N-ethyl adjacent to an activating group) is 1. The molecule has 1 atom stereocenters. The molecule has 6 nitrogen and oxygen atoms in total. The van der Waals surface area contributed by atoms with Crippen LogP contribution in [-0.2, 0) is 14.8 Å². The molecule has 0 saturated heterocycles. The Morgan fingerprint density at radius 3 is 2.57 bits per heavy atom. The lowest BCUT2D eigenvalue weighted by Crippen LogP contribution is -2.45. The molecule has 0 bridgehead atoms. The minimum atomic E-state index is -3.83. The van der Waals surface area contributed by atoms with Crippen LogP contribution in [0.5, 0.6) is 0 Å². The number of carbonyl (C=O) groups is 1. The molecule has 1 rings (SSSR count). The molecule has 0 spiro atoms. The van der Waals surface area contributed by atoms with Crippen molar-refractivity contribution in [1.29, 1.82) is 0 Å². The molecule has 0 fully saturated rings. The van der Waals surface area contributed by atoms with Crippen molar-refractivity contribution in [3.8, 4) is 0 Å². The average molecular weight is 378 g/mol. The number of hydrogen-bond acceptors (Lipinski definition) is 4. The monoisotopic (exact) mass is 377 g/mol. The third-order valence-electron chi connectivity index (χ3n) is 3.21. The highest BCUT2D eigenvalue weighted by Crippen LogP contribution is 2.26. The van der Waals surface area contributed by atoms with E-state index in [1.54, 1.807) is 20.0 Å². The van der Waals surface area contributed by atoms with Crippen LogP contribution in [0.3, 0.4) is 0 Å². The Kier molecular flexibility index (Phi) is 5.77. The molecule has 0 heterocycles. The van der Waals surface area contributed by atoms with Gasteiger partial charge in [-0.05, 0) is 38.5 Å². The van der Waals surface area contributed by atoms with Crippen molar-refractivity contribution < 1.29 is 13.2 Å². The summed E-state index contributed by atoms with van der Waals surface area (Å²) in [5.74, 6) is -0.290. The molecule has 0 aliphatic heterocycles. The Morgan fingerprint density at radius 2 is 2.05 bits per heavy atom. The lowest BCUT2D eigenvalue weighted by atomic mass is 10.2. The van der Waals surface area contributed by atoms with Gasteiger partial charge in [-0.3, -0.25) is 4.79 Å². The van der Waals surface area contributed by atoms with Gasteiger partial charge in [-0.1, -0.05) is 15.9 Å². The standard InChI is InChI=1S/C13H20BrN3O3S/c1-5-17(4)13(18)9(3)16-21(19,20)12-7-10(14)6-11(15)8(12)2/h6-7,9,16H,5,15H2,1-4H3. The number of nitrogens with one attached hydrogen (secondary N) is 1. The normalized spacial score (nSPS) is 13.0. The van der Waals surface area contributed by atoms with Crippen LogP contribution in [0.1, 0.15) is 19.4 Å². The highest BCUT2D eigenvalue weighted by Gasteiger charge is 2.25. The molecule has 1 aromatic rings. The van der Waals surface area contributed by atoms with E-state index in [0.717, 1.165) is 0 Å². The van der Waals surface area contributed by atoms with Gasteiger partial charge in [-0.15, -0.1) is 0 Å². The van der Waals surface area contributed by atoms with E-state index >= 15 is 0 Å². The van der Waals surface area contributed by atoms with E-state index in [1.165, 1.54) is 17.9 Å². The van der Waals surface area contributed by atoms with E-state index in [1.807, 2.05) is 6.92 Å². The molecule has 1 amide bonds. The van der Waals surface area contributed by atoms with Gasteiger partial charge in [0.05, 0.1) is 10.9 Å². The number of hydrogen-bond donors (Lipinski definition) is 2. The smallest absolute Gasteiger partial charge is 0.241 e. The molecule has 21 heavy (non-hydrogen) atoms. The van der Waals surface area contributed by atoms with Gasteiger partial charge in [0.25, 0.3) is 0 Å². The quantitative estimate of drug-likeness (QED) is 0.760. The van der Waals surface area contributed by atoms with Gasteiger partial charge >= 0.3 is 0 Å². The number of nitrogens with two attached hydrogens (primary N) is 1. The van der Waals surface area contributed by atoms with E-state index < -0.39 is 16.1 Å². The Labute approximate surface area is 133 Å². The molecule has 118 valence electrons. The summed E-state index contributed by atoms with van der Waals surface area (Å²) in [7, 11) is -2.21. The maximum absolute atomic E-state index is 12.4. The van der Waals surface area contributed by atoms with Gasteiger partial charge in [0, 0.05) is 23.8 Å². The predicted octanol–water partition coefficient (Wildman–Crippen LogP) is 1.48. The average Bonchev–Trinajstić information content (AvgIpc) is 2.40. The first kappa shape index (κ1) is 17.9. The Balaban J connectivity index is 3.11. The zero-order valence-electron chi connectivity index (χ0n) is 12.5. The van der Waals surface area contributed by atoms with Crippen molar-refractivity contribution in [1.82, 2.24) is 9.62 Å². The number of benzene rings is 1. The molecule has 3 N–H and O–H groups in total. The first-order valence-corrected chi connectivity index (χ1v) is 8.70. The first-order valence-electron chi connectivity index (χ1n) is 6.43. The Bertz CT molecular complexity index is 646. The minimum absolute atomic E-state index is 0.0631. The Morgan fingerprint density at radius 1 is 1.48 bits per heavy atom. The van der Waals surface area contributed by atoms with Crippen molar-refractivity contribution in [3.63, 3.8) is 0 Å². The molecule has 0 aliphatic rings. The van der Waals surface area contributed by atoms with E-state index in [-0.39, 0.29) is 10.8 Å². The molecule has 8 heteroatoms. The molecule has 0 radical (unpaired) electrons. The Hall–Kier alpha value is -1.12. The fourth-order valence-electron chi connectivity index (χ4n) is 1.79. The number of sulfonamides is 1. The second kappa shape index (κ2) is 6.76. The van der Waals surface area contributed by atoms with Crippen LogP contribution in [0.2, 0.25) is 0 Å². The number of amides is 1. The van der Waals surface area contributed by atoms with Crippen molar-refractivity contribution in [3.05, 3.63) is 22.2 Å². The van der Waals surface area contributed by atoms with Gasteiger partial charge in [0.15, 0.2) is 0 Å². The number of anilines is 1. The minimum Gasteiger partial charge on any atom is -0.398 e. The predicted molar refractivity (Wildman–Crippen MR) is 86.4 cm³/mol. The molecule has 1 unspecified atom stereocenters. The van der Waals surface area contributed by atoms with Crippen LogP contribution in [0.15, 0.2) is 21.5 Å². The zero-order chi connectivity index (χ0) is 16.4. The maximum Gasteiger partial charge on any atom is 0.241 e. The van der Waals surface area contributed by atoms with Crippen LogP contribution in [0, 0.1) is 6.92 Å². The SMILES string of the molecule is CCN(C)C(=O)C(C)NS(=O)(=O)c1cc(Br)cc(N)c1C. The molecular weight excluding hydrogens is 358 g/mol. The van der Waals surface area contributed by atoms with Gasteiger partial charge in [0.2, 0.25) is 15.9 Å². The zero-order valence-corrected chi connectivity index (χ0v) is 14.9. The third kappa shape index (κ3) is 4.18. The number of carbonyl (C=O) groups excluding carboxylic acids is 1. The summed E-state index contributed by atoms with van der Waals surface area (Å²) in [4.78, 5) is 13.5. The lowest BCUT2D eigenvalue weighted by molar-refractivity contribution is -0.131. The van der Waals surface area contributed by atoms with Crippen LogP contribution in [0.25, 0.3) is 0 Å². The third-order valence-corrected chi connectivity index (χ3v) is 5.33. The van der Waals surface area contributed by atoms with Gasteiger partial charge in [-0.2, -0.15) is 4.72 Å². The fraction of sp³-hybridized carbons (Fsp3) is 0.462. The summed E-state index contributed by atoms with van der Waals surface area (Å²) in [5.41, 5.74) is 6.60. The second-order valence-corrected chi connectivity index (χ2v) is 7.41. The highest BCUT2D eigenvalue weighted by molar-refractivity contribution is 9.10. The van der Waals surface area contributed by atoms with Crippen LogP contribution < -0.4 is 10.5 Å². The molecular formula is C13H20BrN3O3S. The first-order chi connectivity index (χ1) is 9.60. The van der Waals surface area contributed by atoms with E-state index in [9.17, 15) is 13.2 Å². The topological polar surface area (TPSA) is 92.5 Å². The second-order valence-electron chi connectivity index (χ2n) is 4.81. The summed E-state index contributed by atoms with van der Waals surface area (Å²) >= 11 is 3.22. The number of nitrogens with zero attached hydrogens (tertiary/aromatic N) is 1. The van der Waals surface area contributed by atoms with E-state index in [4.69, 9.17) is 5.73 Å². The van der Waals surface area contributed by atoms with Crippen LogP contribution >= 0.6 is 15.9 Å². The summed E-state index contributed by atoms with van der Waals surface area (Å²) in [6.07, 6.45) is 0.